The second kappa shape index (κ2) is 5.83. The standard InChI is InChI=1S/C14H22N2O2/c1-2-4-12(5-3-1)14-15-13(18-16-14)7-6-11-8-9-17-10-11/h11-12H,1-10H2/t11-/m1/s1. The van der Waals surface area contributed by atoms with E-state index in [1.54, 1.807) is 0 Å². The minimum atomic E-state index is 0.547. The van der Waals surface area contributed by atoms with E-state index in [0.717, 1.165) is 37.8 Å². The molecule has 1 aliphatic carbocycles. The molecule has 4 nitrogen and oxygen atoms in total. The summed E-state index contributed by atoms with van der Waals surface area (Å²) in [4.78, 5) is 4.58. The molecule has 0 spiro atoms. The molecule has 3 rings (SSSR count). The van der Waals surface area contributed by atoms with Crippen LogP contribution in [0.5, 0.6) is 0 Å². The van der Waals surface area contributed by atoms with Crippen LogP contribution in [-0.4, -0.2) is 23.4 Å². The number of aromatic nitrogens is 2. The van der Waals surface area contributed by atoms with Crippen LogP contribution in [0.2, 0.25) is 0 Å². The maximum absolute atomic E-state index is 5.38. The maximum Gasteiger partial charge on any atom is 0.226 e. The first-order valence-corrected chi connectivity index (χ1v) is 7.32. The SMILES string of the molecule is C1CCC(c2noc(CC[C@@H]3CCOC3)n2)CC1. The zero-order chi connectivity index (χ0) is 12.2. The molecule has 0 aromatic carbocycles. The molecule has 2 aliphatic rings. The number of hydrogen-bond acceptors (Lipinski definition) is 4. The zero-order valence-electron chi connectivity index (χ0n) is 10.9. The van der Waals surface area contributed by atoms with E-state index in [1.807, 2.05) is 0 Å². The number of aryl methyl sites for hydroxylation is 1. The van der Waals surface area contributed by atoms with E-state index >= 15 is 0 Å². The lowest BCUT2D eigenvalue weighted by Crippen LogP contribution is -2.06. The highest BCUT2D eigenvalue weighted by Gasteiger charge is 2.22. The Morgan fingerprint density at radius 2 is 2.00 bits per heavy atom. The van der Waals surface area contributed by atoms with Crippen LogP contribution in [0.25, 0.3) is 0 Å². The maximum atomic E-state index is 5.38. The summed E-state index contributed by atoms with van der Waals surface area (Å²) in [5.74, 6) is 3.01. The quantitative estimate of drug-likeness (QED) is 0.824. The average Bonchev–Trinajstić information content (AvgIpc) is 3.09. The molecule has 1 atom stereocenters. The lowest BCUT2D eigenvalue weighted by Gasteiger charge is -2.17. The van der Waals surface area contributed by atoms with Crippen molar-refractivity contribution < 1.29 is 9.26 Å². The molecule has 0 bridgehead atoms. The fourth-order valence-electron chi connectivity index (χ4n) is 3.03. The van der Waals surface area contributed by atoms with Crippen molar-refractivity contribution in [1.29, 1.82) is 0 Å². The van der Waals surface area contributed by atoms with E-state index in [2.05, 4.69) is 10.1 Å². The molecule has 0 radical (unpaired) electrons. The van der Waals surface area contributed by atoms with Crippen molar-refractivity contribution in [3.8, 4) is 0 Å². The monoisotopic (exact) mass is 250 g/mol. The predicted molar refractivity (Wildman–Crippen MR) is 67.4 cm³/mol. The lowest BCUT2D eigenvalue weighted by molar-refractivity contribution is 0.183. The highest BCUT2D eigenvalue weighted by Crippen LogP contribution is 2.31. The van der Waals surface area contributed by atoms with Gasteiger partial charge in [0, 0.05) is 25.6 Å². The van der Waals surface area contributed by atoms with E-state index < -0.39 is 0 Å². The molecule has 100 valence electrons. The van der Waals surface area contributed by atoms with Gasteiger partial charge in [0.25, 0.3) is 0 Å². The fraction of sp³-hybridized carbons (Fsp3) is 0.857. The van der Waals surface area contributed by atoms with Crippen molar-refractivity contribution in [2.24, 2.45) is 5.92 Å². The van der Waals surface area contributed by atoms with Gasteiger partial charge in [-0.15, -0.1) is 0 Å². The Morgan fingerprint density at radius 1 is 1.11 bits per heavy atom. The summed E-state index contributed by atoms with van der Waals surface area (Å²) in [7, 11) is 0. The second-order valence-corrected chi connectivity index (χ2v) is 5.65. The van der Waals surface area contributed by atoms with E-state index in [4.69, 9.17) is 9.26 Å². The van der Waals surface area contributed by atoms with Gasteiger partial charge in [0.2, 0.25) is 5.89 Å². The highest BCUT2D eigenvalue weighted by molar-refractivity contribution is 4.97. The van der Waals surface area contributed by atoms with Crippen molar-refractivity contribution in [3.63, 3.8) is 0 Å². The molecule has 18 heavy (non-hydrogen) atoms. The third-order valence-corrected chi connectivity index (χ3v) is 4.24. The molecule has 1 saturated heterocycles. The van der Waals surface area contributed by atoms with Gasteiger partial charge in [0.1, 0.15) is 0 Å². The van der Waals surface area contributed by atoms with E-state index in [-0.39, 0.29) is 0 Å². The molecule has 0 N–H and O–H groups in total. The molecular weight excluding hydrogens is 228 g/mol. The lowest BCUT2D eigenvalue weighted by atomic mass is 9.89. The number of ether oxygens (including phenoxy) is 1. The Labute approximate surface area is 108 Å². The summed E-state index contributed by atoms with van der Waals surface area (Å²) in [6.45, 7) is 1.82. The summed E-state index contributed by atoms with van der Waals surface area (Å²) in [6.07, 6.45) is 9.67. The van der Waals surface area contributed by atoms with Gasteiger partial charge >= 0.3 is 0 Å². The molecule has 1 aliphatic heterocycles. The third-order valence-electron chi connectivity index (χ3n) is 4.24. The van der Waals surface area contributed by atoms with Crippen LogP contribution in [0, 0.1) is 5.92 Å². The van der Waals surface area contributed by atoms with Crippen molar-refractivity contribution in [1.82, 2.24) is 10.1 Å². The Hall–Kier alpha value is -0.900. The van der Waals surface area contributed by atoms with Crippen LogP contribution < -0.4 is 0 Å². The molecular formula is C14H22N2O2. The van der Waals surface area contributed by atoms with Crippen LogP contribution in [0.1, 0.15) is 62.6 Å². The first-order valence-electron chi connectivity index (χ1n) is 7.32. The van der Waals surface area contributed by atoms with Crippen LogP contribution >= 0.6 is 0 Å². The van der Waals surface area contributed by atoms with Crippen LogP contribution in [0.4, 0.5) is 0 Å². The predicted octanol–water partition coefficient (Wildman–Crippen LogP) is 3.09. The molecule has 2 heterocycles. The summed E-state index contributed by atoms with van der Waals surface area (Å²) >= 11 is 0. The number of hydrogen-bond donors (Lipinski definition) is 0. The molecule has 4 heteroatoms. The number of rotatable bonds is 4. The zero-order valence-corrected chi connectivity index (χ0v) is 10.9. The summed E-state index contributed by atoms with van der Waals surface area (Å²) < 4.78 is 10.8. The van der Waals surface area contributed by atoms with Crippen LogP contribution in [0.3, 0.4) is 0 Å². The van der Waals surface area contributed by atoms with E-state index in [1.165, 1.54) is 38.5 Å². The smallest absolute Gasteiger partial charge is 0.226 e. The van der Waals surface area contributed by atoms with Crippen LogP contribution in [-0.2, 0) is 11.2 Å². The molecule has 1 aromatic heterocycles. The second-order valence-electron chi connectivity index (χ2n) is 5.65. The van der Waals surface area contributed by atoms with Gasteiger partial charge in [0.05, 0.1) is 0 Å². The Morgan fingerprint density at radius 3 is 2.78 bits per heavy atom. The Balaban J connectivity index is 1.52. The first kappa shape index (κ1) is 12.2. The van der Waals surface area contributed by atoms with Crippen molar-refractivity contribution in [2.45, 2.75) is 57.3 Å². The van der Waals surface area contributed by atoms with Crippen molar-refractivity contribution >= 4 is 0 Å². The molecule has 0 unspecified atom stereocenters. The highest BCUT2D eigenvalue weighted by atomic mass is 16.5. The van der Waals surface area contributed by atoms with Gasteiger partial charge in [-0.3, -0.25) is 0 Å². The van der Waals surface area contributed by atoms with Crippen LogP contribution in [0.15, 0.2) is 4.52 Å². The van der Waals surface area contributed by atoms with Gasteiger partial charge in [0.15, 0.2) is 5.82 Å². The van der Waals surface area contributed by atoms with Crippen molar-refractivity contribution in [3.05, 3.63) is 11.7 Å². The topological polar surface area (TPSA) is 48.2 Å². The summed E-state index contributed by atoms with van der Waals surface area (Å²) in [6, 6.07) is 0. The van der Waals surface area contributed by atoms with E-state index in [0.29, 0.717) is 11.8 Å². The minimum absolute atomic E-state index is 0.547. The summed E-state index contributed by atoms with van der Waals surface area (Å²) in [5.41, 5.74) is 0. The van der Waals surface area contributed by atoms with Gasteiger partial charge in [-0.1, -0.05) is 24.4 Å². The summed E-state index contributed by atoms with van der Waals surface area (Å²) in [5, 5.41) is 4.17. The molecule has 1 aromatic rings. The Bertz CT molecular complexity index is 366. The minimum Gasteiger partial charge on any atom is -0.381 e. The van der Waals surface area contributed by atoms with Gasteiger partial charge in [-0.2, -0.15) is 4.98 Å². The van der Waals surface area contributed by atoms with Crippen molar-refractivity contribution in [2.75, 3.05) is 13.2 Å². The average molecular weight is 250 g/mol. The number of nitrogens with zero attached hydrogens (tertiary/aromatic N) is 2. The fourth-order valence-corrected chi connectivity index (χ4v) is 3.03. The van der Waals surface area contributed by atoms with E-state index in [9.17, 15) is 0 Å². The largest absolute Gasteiger partial charge is 0.381 e. The normalized spacial score (nSPS) is 25.7. The van der Waals surface area contributed by atoms with Gasteiger partial charge < -0.3 is 9.26 Å². The van der Waals surface area contributed by atoms with Gasteiger partial charge in [-0.05, 0) is 31.6 Å². The third kappa shape index (κ3) is 2.91. The Kier molecular flexibility index (Phi) is 3.93. The van der Waals surface area contributed by atoms with Gasteiger partial charge in [-0.25, -0.2) is 0 Å². The molecule has 1 saturated carbocycles. The molecule has 0 amide bonds. The first-order chi connectivity index (χ1) is 8.92. The molecule has 2 fully saturated rings.